The average Bonchev–Trinajstić information content (AvgIpc) is 3.16. The molecule has 0 saturated carbocycles. The molecule has 0 aromatic heterocycles. The standard InChI is InChI=1S/C24H23F2NO5S/c1-32-18-7-8-20(22(26)13-18)15-3-2-4-19(11-15)33(30,31)27-14-16(5-10-24(28)29)21-12-17(25)6-9-23(21)27/h2-4,6-9,11-13,16,20,22H,5,10,14H2,1H3,(H,28,29). The van der Waals surface area contributed by atoms with Gasteiger partial charge in [-0.25, -0.2) is 17.2 Å². The van der Waals surface area contributed by atoms with Crippen molar-refractivity contribution in [1.82, 2.24) is 0 Å². The Bertz CT molecular complexity index is 1240. The summed E-state index contributed by atoms with van der Waals surface area (Å²) in [5.41, 5.74) is 1.28. The van der Waals surface area contributed by atoms with Crippen LogP contribution in [0, 0.1) is 5.82 Å². The lowest BCUT2D eigenvalue weighted by atomic mass is 9.90. The number of methoxy groups -OCH3 is 1. The van der Waals surface area contributed by atoms with Crippen molar-refractivity contribution in [1.29, 1.82) is 0 Å². The van der Waals surface area contributed by atoms with Crippen LogP contribution in [0.2, 0.25) is 0 Å². The molecule has 0 amide bonds. The van der Waals surface area contributed by atoms with Crippen molar-refractivity contribution < 1.29 is 31.8 Å². The van der Waals surface area contributed by atoms with Gasteiger partial charge in [0, 0.05) is 24.8 Å². The lowest BCUT2D eigenvalue weighted by Crippen LogP contribution is -2.30. The molecule has 6 nitrogen and oxygen atoms in total. The molecule has 0 fully saturated rings. The minimum atomic E-state index is -4.05. The molecule has 2 aliphatic rings. The molecule has 1 N–H and O–H groups in total. The van der Waals surface area contributed by atoms with Gasteiger partial charge in [0.2, 0.25) is 0 Å². The van der Waals surface area contributed by atoms with E-state index in [-0.39, 0.29) is 24.3 Å². The zero-order chi connectivity index (χ0) is 23.8. The number of aliphatic carboxylic acids is 1. The first-order valence-corrected chi connectivity index (χ1v) is 11.9. The summed E-state index contributed by atoms with van der Waals surface area (Å²) in [6, 6.07) is 9.92. The zero-order valence-corrected chi connectivity index (χ0v) is 18.6. The Morgan fingerprint density at radius 2 is 2.03 bits per heavy atom. The van der Waals surface area contributed by atoms with Crippen LogP contribution in [0.3, 0.4) is 0 Å². The van der Waals surface area contributed by atoms with E-state index < -0.39 is 39.8 Å². The molecule has 33 heavy (non-hydrogen) atoms. The highest BCUT2D eigenvalue weighted by Crippen LogP contribution is 2.42. The fraction of sp³-hybridized carbons (Fsp3) is 0.292. The Labute approximate surface area is 190 Å². The number of benzene rings is 2. The van der Waals surface area contributed by atoms with Gasteiger partial charge in [0.25, 0.3) is 10.0 Å². The van der Waals surface area contributed by atoms with E-state index >= 15 is 0 Å². The summed E-state index contributed by atoms with van der Waals surface area (Å²) in [4.78, 5) is 11.0. The molecule has 4 rings (SSSR count). The van der Waals surface area contributed by atoms with Crippen molar-refractivity contribution in [2.45, 2.75) is 35.7 Å². The van der Waals surface area contributed by atoms with Gasteiger partial charge < -0.3 is 9.84 Å². The summed E-state index contributed by atoms with van der Waals surface area (Å²) in [6.45, 7) is 0.00757. The second-order valence-corrected chi connectivity index (χ2v) is 9.91. The van der Waals surface area contributed by atoms with Crippen LogP contribution in [-0.2, 0) is 19.6 Å². The Hall–Kier alpha value is -3.20. The van der Waals surface area contributed by atoms with Gasteiger partial charge in [0.1, 0.15) is 17.7 Å². The summed E-state index contributed by atoms with van der Waals surface area (Å²) in [5.74, 6) is -2.23. The van der Waals surface area contributed by atoms with Gasteiger partial charge in [-0.3, -0.25) is 9.10 Å². The number of allylic oxidation sites excluding steroid dienone is 3. The zero-order valence-electron chi connectivity index (χ0n) is 17.8. The van der Waals surface area contributed by atoms with Crippen molar-refractivity contribution in [3.8, 4) is 0 Å². The van der Waals surface area contributed by atoms with Crippen molar-refractivity contribution in [3.63, 3.8) is 0 Å². The second kappa shape index (κ2) is 8.97. The second-order valence-electron chi connectivity index (χ2n) is 8.04. The SMILES string of the molecule is COC1=CC(F)C(c2cccc(S(=O)(=O)N3CC(CCC(=O)O)c4cc(F)ccc43)c2)C=C1. The highest BCUT2D eigenvalue weighted by Gasteiger charge is 2.37. The third-order valence-corrected chi connectivity index (χ3v) is 7.77. The number of rotatable bonds is 7. The summed E-state index contributed by atoms with van der Waals surface area (Å²) in [7, 11) is -2.61. The molecule has 1 heterocycles. The Kier molecular flexibility index (Phi) is 6.25. The molecule has 9 heteroatoms. The minimum Gasteiger partial charge on any atom is -0.497 e. The Balaban J connectivity index is 1.67. The van der Waals surface area contributed by atoms with Gasteiger partial charge in [-0.2, -0.15) is 0 Å². The molecule has 3 unspecified atom stereocenters. The number of carboxylic acids is 1. The normalized spacial score (nSPS) is 22.1. The quantitative estimate of drug-likeness (QED) is 0.637. The number of halogens is 2. The van der Waals surface area contributed by atoms with E-state index in [1.807, 2.05) is 0 Å². The maximum absolute atomic E-state index is 14.7. The van der Waals surface area contributed by atoms with Crippen LogP contribution in [0.5, 0.6) is 0 Å². The molecule has 0 saturated heterocycles. The number of anilines is 1. The number of ether oxygens (including phenoxy) is 1. The van der Waals surface area contributed by atoms with Crippen LogP contribution >= 0.6 is 0 Å². The van der Waals surface area contributed by atoms with Crippen LogP contribution < -0.4 is 4.31 Å². The summed E-state index contributed by atoms with van der Waals surface area (Å²) in [5, 5.41) is 9.03. The molecule has 0 spiro atoms. The molecule has 2 aromatic carbocycles. The van der Waals surface area contributed by atoms with Gasteiger partial charge in [-0.1, -0.05) is 18.2 Å². The van der Waals surface area contributed by atoms with Crippen molar-refractivity contribution in [2.24, 2.45) is 0 Å². The molecule has 0 radical (unpaired) electrons. The summed E-state index contributed by atoms with van der Waals surface area (Å²) >= 11 is 0. The van der Waals surface area contributed by atoms with E-state index in [2.05, 4.69) is 0 Å². The summed E-state index contributed by atoms with van der Waals surface area (Å²) in [6.07, 6.45) is 3.25. The van der Waals surface area contributed by atoms with Crippen LogP contribution in [0.1, 0.15) is 35.8 Å². The van der Waals surface area contributed by atoms with Gasteiger partial charge in [0.15, 0.2) is 0 Å². The van der Waals surface area contributed by atoms with E-state index in [1.165, 1.54) is 47.8 Å². The van der Waals surface area contributed by atoms with Crippen LogP contribution in [0.15, 0.2) is 71.3 Å². The number of hydrogen-bond acceptors (Lipinski definition) is 4. The third kappa shape index (κ3) is 4.50. The third-order valence-electron chi connectivity index (χ3n) is 5.99. The van der Waals surface area contributed by atoms with E-state index in [1.54, 1.807) is 24.3 Å². The molecule has 1 aliphatic carbocycles. The smallest absolute Gasteiger partial charge is 0.303 e. The Morgan fingerprint density at radius 1 is 1.24 bits per heavy atom. The highest BCUT2D eigenvalue weighted by molar-refractivity contribution is 7.92. The Morgan fingerprint density at radius 3 is 2.73 bits per heavy atom. The van der Waals surface area contributed by atoms with Crippen molar-refractivity contribution in [3.05, 3.63) is 83.4 Å². The van der Waals surface area contributed by atoms with Crippen LogP contribution in [-0.4, -0.2) is 39.3 Å². The molecule has 174 valence electrons. The maximum atomic E-state index is 14.7. The van der Waals surface area contributed by atoms with Crippen LogP contribution in [0.4, 0.5) is 14.5 Å². The lowest BCUT2D eigenvalue weighted by molar-refractivity contribution is -0.137. The van der Waals surface area contributed by atoms with E-state index in [9.17, 15) is 22.0 Å². The molecular weight excluding hydrogens is 452 g/mol. The predicted molar refractivity (Wildman–Crippen MR) is 119 cm³/mol. The van der Waals surface area contributed by atoms with Gasteiger partial charge >= 0.3 is 5.97 Å². The van der Waals surface area contributed by atoms with E-state index in [4.69, 9.17) is 9.84 Å². The number of alkyl halides is 1. The first-order valence-electron chi connectivity index (χ1n) is 10.4. The fourth-order valence-corrected chi connectivity index (χ4v) is 5.90. The number of carboxylic acid groups (broad SMARTS) is 1. The highest BCUT2D eigenvalue weighted by atomic mass is 32.2. The fourth-order valence-electron chi connectivity index (χ4n) is 4.31. The molecule has 3 atom stereocenters. The van der Waals surface area contributed by atoms with Crippen molar-refractivity contribution in [2.75, 3.05) is 18.0 Å². The van der Waals surface area contributed by atoms with Gasteiger partial charge in [0.05, 0.1) is 17.7 Å². The first-order chi connectivity index (χ1) is 15.7. The first kappa shape index (κ1) is 23.0. The van der Waals surface area contributed by atoms with E-state index in [0.717, 1.165) is 0 Å². The topological polar surface area (TPSA) is 83.9 Å². The number of nitrogens with zero attached hydrogens (tertiary/aromatic N) is 1. The number of fused-ring (bicyclic) bond motifs is 1. The van der Waals surface area contributed by atoms with Gasteiger partial charge in [-0.15, -0.1) is 0 Å². The number of sulfonamides is 1. The van der Waals surface area contributed by atoms with Crippen LogP contribution in [0.25, 0.3) is 0 Å². The molecule has 0 bridgehead atoms. The van der Waals surface area contributed by atoms with Gasteiger partial charge in [-0.05, 0) is 60.0 Å². The number of hydrogen-bond donors (Lipinski definition) is 1. The predicted octanol–water partition coefficient (Wildman–Crippen LogP) is 4.50. The van der Waals surface area contributed by atoms with E-state index in [0.29, 0.717) is 22.6 Å². The monoisotopic (exact) mass is 475 g/mol. The molecule has 2 aromatic rings. The summed E-state index contributed by atoms with van der Waals surface area (Å²) < 4.78 is 61.9. The molecule has 1 aliphatic heterocycles. The van der Waals surface area contributed by atoms with Crippen molar-refractivity contribution >= 4 is 21.7 Å². The average molecular weight is 476 g/mol. The maximum Gasteiger partial charge on any atom is 0.303 e. The largest absolute Gasteiger partial charge is 0.497 e. The minimum absolute atomic E-state index is 0.00757. The molecular formula is C24H23F2NO5S. The number of carbonyl (C=O) groups is 1. The lowest BCUT2D eigenvalue weighted by Gasteiger charge is -2.23.